The molecule has 0 bridgehead atoms. The summed E-state index contributed by atoms with van der Waals surface area (Å²) in [4.78, 5) is 19.4. The van der Waals surface area contributed by atoms with E-state index in [1.165, 1.54) is 12.4 Å². The van der Waals surface area contributed by atoms with Crippen LogP contribution in [0, 0.1) is 0 Å². The minimum atomic E-state index is -0.252. The SMILES string of the molecule is CCOCCCNC(=O)c1cnc(NN)cn1. The first-order valence-corrected chi connectivity index (χ1v) is 5.42. The number of hydrogen-bond donors (Lipinski definition) is 3. The van der Waals surface area contributed by atoms with Crippen LogP contribution in [0.4, 0.5) is 5.82 Å². The summed E-state index contributed by atoms with van der Waals surface area (Å²) in [5, 5.41) is 2.72. The van der Waals surface area contributed by atoms with Crippen LogP contribution in [0.3, 0.4) is 0 Å². The van der Waals surface area contributed by atoms with Gasteiger partial charge in [0.1, 0.15) is 5.69 Å². The zero-order valence-corrected chi connectivity index (χ0v) is 9.77. The van der Waals surface area contributed by atoms with Gasteiger partial charge < -0.3 is 15.5 Å². The Kier molecular flexibility index (Phi) is 5.91. The Labute approximate surface area is 99.7 Å². The van der Waals surface area contributed by atoms with Gasteiger partial charge in [0.05, 0.1) is 12.4 Å². The molecule has 94 valence electrons. The number of hydrazine groups is 1. The van der Waals surface area contributed by atoms with Gasteiger partial charge in [-0.2, -0.15) is 0 Å². The van der Waals surface area contributed by atoms with Crippen molar-refractivity contribution in [2.75, 3.05) is 25.2 Å². The van der Waals surface area contributed by atoms with Crippen LogP contribution >= 0.6 is 0 Å². The molecular formula is C10H17N5O2. The number of carbonyl (C=O) groups is 1. The Morgan fingerprint density at radius 1 is 1.47 bits per heavy atom. The van der Waals surface area contributed by atoms with Crippen LogP contribution in [0.2, 0.25) is 0 Å². The first-order valence-electron chi connectivity index (χ1n) is 5.42. The van der Waals surface area contributed by atoms with E-state index in [-0.39, 0.29) is 11.6 Å². The molecule has 0 fully saturated rings. The molecule has 1 aromatic heterocycles. The Morgan fingerprint density at radius 2 is 2.29 bits per heavy atom. The third kappa shape index (κ3) is 4.75. The van der Waals surface area contributed by atoms with Crippen molar-refractivity contribution < 1.29 is 9.53 Å². The van der Waals surface area contributed by atoms with Gasteiger partial charge in [0.25, 0.3) is 5.91 Å². The maximum atomic E-state index is 11.6. The van der Waals surface area contributed by atoms with Crippen molar-refractivity contribution >= 4 is 11.7 Å². The van der Waals surface area contributed by atoms with E-state index in [1.54, 1.807) is 0 Å². The Hall–Kier alpha value is -1.73. The van der Waals surface area contributed by atoms with Gasteiger partial charge in [0.15, 0.2) is 5.82 Å². The molecule has 7 nitrogen and oxygen atoms in total. The van der Waals surface area contributed by atoms with Crippen LogP contribution in [0.25, 0.3) is 0 Å². The zero-order valence-electron chi connectivity index (χ0n) is 9.77. The number of carbonyl (C=O) groups excluding carboxylic acids is 1. The predicted molar refractivity (Wildman–Crippen MR) is 63.3 cm³/mol. The molecule has 1 heterocycles. The molecule has 1 aromatic rings. The predicted octanol–water partition coefficient (Wildman–Crippen LogP) is -0.0814. The molecule has 0 radical (unpaired) electrons. The number of aromatic nitrogens is 2. The van der Waals surface area contributed by atoms with Crippen molar-refractivity contribution in [1.29, 1.82) is 0 Å². The second-order valence-electron chi connectivity index (χ2n) is 3.24. The lowest BCUT2D eigenvalue weighted by Crippen LogP contribution is -2.26. The monoisotopic (exact) mass is 239 g/mol. The number of amides is 1. The third-order valence-electron chi connectivity index (χ3n) is 1.99. The van der Waals surface area contributed by atoms with Crippen LogP contribution in [-0.2, 0) is 4.74 Å². The second-order valence-corrected chi connectivity index (χ2v) is 3.24. The van der Waals surface area contributed by atoms with Gasteiger partial charge in [-0.05, 0) is 13.3 Å². The molecule has 0 aliphatic carbocycles. The van der Waals surface area contributed by atoms with Crippen molar-refractivity contribution in [3.63, 3.8) is 0 Å². The van der Waals surface area contributed by atoms with E-state index in [2.05, 4.69) is 20.7 Å². The lowest BCUT2D eigenvalue weighted by Gasteiger charge is -2.05. The van der Waals surface area contributed by atoms with E-state index in [0.717, 1.165) is 6.42 Å². The van der Waals surface area contributed by atoms with E-state index >= 15 is 0 Å². The fourth-order valence-corrected chi connectivity index (χ4v) is 1.13. The molecule has 1 amide bonds. The minimum Gasteiger partial charge on any atom is -0.382 e. The Morgan fingerprint density at radius 3 is 2.88 bits per heavy atom. The van der Waals surface area contributed by atoms with Gasteiger partial charge in [0, 0.05) is 19.8 Å². The third-order valence-corrected chi connectivity index (χ3v) is 1.99. The summed E-state index contributed by atoms with van der Waals surface area (Å²) in [5.41, 5.74) is 2.60. The molecule has 0 aliphatic heterocycles. The van der Waals surface area contributed by atoms with Crippen LogP contribution < -0.4 is 16.6 Å². The number of ether oxygens (including phenoxy) is 1. The van der Waals surface area contributed by atoms with Crippen molar-refractivity contribution in [2.24, 2.45) is 5.84 Å². The molecule has 0 aromatic carbocycles. The molecule has 4 N–H and O–H groups in total. The molecule has 0 saturated carbocycles. The largest absolute Gasteiger partial charge is 0.382 e. The summed E-state index contributed by atoms with van der Waals surface area (Å²) in [7, 11) is 0. The fraction of sp³-hybridized carbons (Fsp3) is 0.500. The number of hydrogen-bond acceptors (Lipinski definition) is 6. The van der Waals surface area contributed by atoms with Gasteiger partial charge in [-0.25, -0.2) is 15.8 Å². The van der Waals surface area contributed by atoms with Crippen LogP contribution in [0.5, 0.6) is 0 Å². The Bertz CT molecular complexity index is 341. The van der Waals surface area contributed by atoms with Gasteiger partial charge in [-0.15, -0.1) is 0 Å². The number of nitrogen functional groups attached to an aromatic ring is 1. The van der Waals surface area contributed by atoms with E-state index in [9.17, 15) is 4.79 Å². The quantitative estimate of drug-likeness (QED) is 0.349. The van der Waals surface area contributed by atoms with Crippen molar-refractivity contribution in [3.05, 3.63) is 18.1 Å². The fourth-order valence-electron chi connectivity index (χ4n) is 1.13. The number of nitrogens with two attached hydrogens (primary N) is 1. The molecule has 0 spiro atoms. The number of anilines is 1. The normalized spacial score (nSPS) is 10.0. The smallest absolute Gasteiger partial charge is 0.271 e. The summed E-state index contributed by atoms with van der Waals surface area (Å²) in [5.74, 6) is 5.30. The van der Waals surface area contributed by atoms with Gasteiger partial charge in [-0.1, -0.05) is 0 Å². The highest BCUT2D eigenvalue weighted by atomic mass is 16.5. The maximum absolute atomic E-state index is 11.6. The van der Waals surface area contributed by atoms with Gasteiger partial charge in [-0.3, -0.25) is 4.79 Å². The standard InChI is InChI=1S/C10H17N5O2/c1-2-17-5-3-4-12-10(16)8-6-14-9(15-11)7-13-8/h6-7H,2-5,11H2,1H3,(H,12,16)(H,14,15). The minimum absolute atomic E-state index is 0.252. The average Bonchev–Trinajstić information content (AvgIpc) is 2.38. The average molecular weight is 239 g/mol. The summed E-state index contributed by atoms with van der Waals surface area (Å²) in [6.45, 7) is 3.81. The summed E-state index contributed by atoms with van der Waals surface area (Å²) >= 11 is 0. The molecular weight excluding hydrogens is 222 g/mol. The highest BCUT2D eigenvalue weighted by Crippen LogP contribution is 1.98. The van der Waals surface area contributed by atoms with Gasteiger partial charge >= 0.3 is 0 Å². The molecule has 7 heteroatoms. The van der Waals surface area contributed by atoms with E-state index < -0.39 is 0 Å². The van der Waals surface area contributed by atoms with Crippen molar-refractivity contribution in [1.82, 2.24) is 15.3 Å². The van der Waals surface area contributed by atoms with Crippen molar-refractivity contribution in [3.8, 4) is 0 Å². The van der Waals surface area contributed by atoms with Crippen LogP contribution in [0.15, 0.2) is 12.4 Å². The molecule has 0 unspecified atom stereocenters. The lowest BCUT2D eigenvalue weighted by atomic mass is 10.4. The first kappa shape index (κ1) is 13.3. The zero-order chi connectivity index (χ0) is 12.5. The number of rotatable bonds is 7. The van der Waals surface area contributed by atoms with Crippen LogP contribution in [-0.4, -0.2) is 35.6 Å². The molecule has 0 saturated heterocycles. The van der Waals surface area contributed by atoms with E-state index in [0.29, 0.717) is 25.6 Å². The molecule has 0 aliphatic rings. The van der Waals surface area contributed by atoms with Crippen LogP contribution in [0.1, 0.15) is 23.8 Å². The number of nitrogens with one attached hydrogen (secondary N) is 2. The Balaban J connectivity index is 2.31. The van der Waals surface area contributed by atoms with Crippen molar-refractivity contribution in [2.45, 2.75) is 13.3 Å². The molecule has 17 heavy (non-hydrogen) atoms. The lowest BCUT2D eigenvalue weighted by molar-refractivity contribution is 0.0939. The van der Waals surface area contributed by atoms with Gasteiger partial charge in [0.2, 0.25) is 0 Å². The highest BCUT2D eigenvalue weighted by Gasteiger charge is 2.06. The first-order chi connectivity index (χ1) is 8.27. The molecule has 1 rings (SSSR count). The maximum Gasteiger partial charge on any atom is 0.271 e. The highest BCUT2D eigenvalue weighted by molar-refractivity contribution is 5.91. The molecule has 0 atom stereocenters. The van der Waals surface area contributed by atoms with E-state index in [4.69, 9.17) is 10.6 Å². The topological polar surface area (TPSA) is 102 Å². The number of nitrogens with zero attached hydrogens (tertiary/aromatic N) is 2. The summed E-state index contributed by atoms with van der Waals surface area (Å²) < 4.78 is 5.15. The second kappa shape index (κ2) is 7.53. The summed E-state index contributed by atoms with van der Waals surface area (Å²) in [6.07, 6.45) is 3.54. The summed E-state index contributed by atoms with van der Waals surface area (Å²) in [6, 6.07) is 0. The van der Waals surface area contributed by atoms with E-state index in [1.807, 2.05) is 6.92 Å².